The molecular weight excluding hydrogens is 308 g/mol. The van der Waals surface area contributed by atoms with E-state index in [0.717, 1.165) is 0 Å². The van der Waals surface area contributed by atoms with Crippen molar-refractivity contribution in [3.05, 3.63) is 47.5 Å². The van der Waals surface area contributed by atoms with Gasteiger partial charge >= 0.3 is 0 Å². The normalized spacial score (nSPS) is 10.9. The maximum Gasteiger partial charge on any atom is 0.201 e. The van der Waals surface area contributed by atoms with Gasteiger partial charge in [0.1, 0.15) is 5.75 Å². The molecule has 0 amide bonds. The number of aromatic hydroxyl groups is 2. The molecule has 2 rings (SSSR count). The van der Waals surface area contributed by atoms with Gasteiger partial charge in [-0.1, -0.05) is 0 Å². The van der Waals surface area contributed by atoms with Gasteiger partial charge in [-0.25, -0.2) is 0 Å². The fourth-order valence-corrected chi connectivity index (χ4v) is 2.21. The zero-order valence-electron chi connectivity index (χ0n) is 14.2. The summed E-state index contributed by atoms with van der Waals surface area (Å²) in [4.78, 5) is 12.5. The lowest BCUT2D eigenvalue weighted by molar-refractivity contribution is 0.103. The van der Waals surface area contributed by atoms with Gasteiger partial charge in [-0.05, 0) is 64.1 Å². The highest BCUT2D eigenvalue weighted by Gasteiger charge is 2.20. The first-order valence-corrected chi connectivity index (χ1v) is 7.82. The van der Waals surface area contributed by atoms with Crippen LogP contribution in [0.25, 0.3) is 0 Å². The van der Waals surface area contributed by atoms with Gasteiger partial charge in [0, 0.05) is 5.56 Å². The SMILES string of the molecule is CC(C)Oc1ccc(C(=O)c2ccc(OC(C)C)c(O)c2O)cc1. The summed E-state index contributed by atoms with van der Waals surface area (Å²) in [5, 5.41) is 20.1. The molecule has 2 N–H and O–H groups in total. The van der Waals surface area contributed by atoms with Crippen LogP contribution in [-0.4, -0.2) is 28.2 Å². The Hall–Kier alpha value is -2.69. The van der Waals surface area contributed by atoms with Crippen molar-refractivity contribution >= 4 is 5.78 Å². The van der Waals surface area contributed by atoms with Crippen LogP contribution in [0.15, 0.2) is 36.4 Å². The largest absolute Gasteiger partial charge is 0.504 e. The second-order valence-corrected chi connectivity index (χ2v) is 6.00. The zero-order chi connectivity index (χ0) is 17.9. The lowest BCUT2D eigenvalue weighted by Gasteiger charge is -2.14. The van der Waals surface area contributed by atoms with Gasteiger partial charge in [-0.2, -0.15) is 0 Å². The molecule has 0 bridgehead atoms. The minimum atomic E-state index is -0.486. The molecule has 5 nitrogen and oxygen atoms in total. The maximum atomic E-state index is 12.5. The van der Waals surface area contributed by atoms with E-state index in [1.54, 1.807) is 38.1 Å². The average Bonchev–Trinajstić information content (AvgIpc) is 2.51. The lowest BCUT2D eigenvalue weighted by atomic mass is 10.0. The third-order valence-electron chi connectivity index (χ3n) is 3.21. The van der Waals surface area contributed by atoms with Gasteiger partial charge in [0.05, 0.1) is 17.8 Å². The summed E-state index contributed by atoms with van der Waals surface area (Å²) in [7, 11) is 0. The van der Waals surface area contributed by atoms with E-state index in [9.17, 15) is 15.0 Å². The molecule has 2 aromatic rings. The second kappa shape index (κ2) is 7.25. The molecule has 0 spiro atoms. The minimum Gasteiger partial charge on any atom is -0.504 e. The van der Waals surface area contributed by atoms with Crippen molar-refractivity contribution in [2.75, 3.05) is 0 Å². The Morgan fingerprint density at radius 3 is 1.96 bits per heavy atom. The summed E-state index contributed by atoms with van der Waals surface area (Å²) in [6.45, 7) is 7.44. The van der Waals surface area contributed by atoms with Crippen molar-refractivity contribution in [2.24, 2.45) is 0 Å². The quantitative estimate of drug-likeness (QED) is 0.620. The number of ketones is 1. The first-order valence-electron chi connectivity index (χ1n) is 7.82. The number of carbonyl (C=O) groups excluding carboxylic acids is 1. The molecule has 2 aromatic carbocycles. The summed E-state index contributed by atoms with van der Waals surface area (Å²) >= 11 is 0. The smallest absolute Gasteiger partial charge is 0.201 e. The number of phenols is 2. The molecule has 0 aliphatic rings. The summed E-state index contributed by atoms with van der Waals surface area (Å²) in [6, 6.07) is 9.54. The van der Waals surface area contributed by atoms with E-state index in [2.05, 4.69) is 0 Å². The van der Waals surface area contributed by atoms with Crippen molar-refractivity contribution in [3.8, 4) is 23.0 Å². The molecule has 5 heteroatoms. The highest BCUT2D eigenvalue weighted by molar-refractivity contribution is 6.11. The summed E-state index contributed by atoms with van der Waals surface area (Å²) in [5.74, 6) is -0.515. The van der Waals surface area contributed by atoms with Crippen molar-refractivity contribution in [1.82, 2.24) is 0 Å². The Bertz CT molecular complexity index is 717. The Morgan fingerprint density at radius 2 is 1.42 bits per heavy atom. The molecule has 0 fully saturated rings. The van der Waals surface area contributed by atoms with Crippen molar-refractivity contribution in [3.63, 3.8) is 0 Å². The highest BCUT2D eigenvalue weighted by Crippen LogP contribution is 2.39. The standard InChI is InChI=1S/C19H22O5/c1-11(2)23-14-7-5-13(6-8-14)17(20)15-9-10-16(24-12(3)4)19(22)18(15)21/h5-12,21-22H,1-4H3. The van der Waals surface area contributed by atoms with E-state index in [1.165, 1.54) is 12.1 Å². The first-order chi connectivity index (χ1) is 11.3. The predicted molar refractivity (Wildman–Crippen MR) is 91.2 cm³/mol. The van der Waals surface area contributed by atoms with Crippen LogP contribution in [0.5, 0.6) is 23.0 Å². The van der Waals surface area contributed by atoms with Crippen LogP contribution in [0.3, 0.4) is 0 Å². The zero-order valence-corrected chi connectivity index (χ0v) is 14.2. The van der Waals surface area contributed by atoms with Crippen LogP contribution in [0.2, 0.25) is 0 Å². The van der Waals surface area contributed by atoms with E-state index in [-0.39, 0.29) is 23.5 Å². The van der Waals surface area contributed by atoms with Gasteiger partial charge < -0.3 is 19.7 Å². The Morgan fingerprint density at radius 1 is 0.833 bits per heavy atom. The highest BCUT2D eigenvalue weighted by atomic mass is 16.5. The van der Waals surface area contributed by atoms with Crippen LogP contribution in [0.1, 0.15) is 43.6 Å². The molecule has 0 aliphatic heterocycles. The van der Waals surface area contributed by atoms with Crippen LogP contribution in [-0.2, 0) is 0 Å². The Balaban J connectivity index is 2.28. The third-order valence-corrected chi connectivity index (χ3v) is 3.21. The number of carbonyl (C=O) groups is 1. The maximum absolute atomic E-state index is 12.5. The van der Waals surface area contributed by atoms with E-state index in [4.69, 9.17) is 9.47 Å². The number of hydrogen-bond donors (Lipinski definition) is 2. The third kappa shape index (κ3) is 3.98. The number of benzene rings is 2. The van der Waals surface area contributed by atoms with Crippen LogP contribution >= 0.6 is 0 Å². The molecule has 24 heavy (non-hydrogen) atoms. The fourth-order valence-electron chi connectivity index (χ4n) is 2.21. The van der Waals surface area contributed by atoms with E-state index >= 15 is 0 Å². The molecule has 0 unspecified atom stereocenters. The molecule has 128 valence electrons. The molecule has 0 radical (unpaired) electrons. The van der Waals surface area contributed by atoms with Crippen molar-refractivity contribution in [2.45, 2.75) is 39.9 Å². The fraction of sp³-hybridized carbons (Fsp3) is 0.316. The van der Waals surface area contributed by atoms with Gasteiger partial charge in [0.2, 0.25) is 5.75 Å². The van der Waals surface area contributed by atoms with E-state index < -0.39 is 17.3 Å². The van der Waals surface area contributed by atoms with Crippen molar-refractivity contribution in [1.29, 1.82) is 0 Å². The van der Waals surface area contributed by atoms with Crippen LogP contribution in [0, 0.1) is 0 Å². The van der Waals surface area contributed by atoms with E-state index in [0.29, 0.717) is 11.3 Å². The Kier molecular flexibility index (Phi) is 5.34. The van der Waals surface area contributed by atoms with Crippen LogP contribution in [0.4, 0.5) is 0 Å². The van der Waals surface area contributed by atoms with Gasteiger partial charge in [0.25, 0.3) is 0 Å². The van der Waals surface area contributed by atoms with Crippen molar-refractivity contribution < 1.29 is 24.5 Å². The molecule has 0 heterocycles. The minimum absolute atomic E-state index is 0.0149. The van der Waals surface area contributed by atoms with Crippen LogP contribution < -0.4 is 9.47 Å². The van der Waals surface area contributed by atoms with Gasteiger partial charge in [-0.3, -0.25) is 4.79 Å². The molecule has 0 saturated carbocycles. The Labute approximate surface area is 141 Å². The number of hydrogen-bond acceptors (Lipinski definition) is 5. The summed E-state index contributed by atoms with van der Waals surface area (Å²) in [6.07, 6.45) is -0.119. The predicted octanol–water partition coefficient (Wildman–Crippen LogP) is 3.90. The number of rotatable bonds is 6. The van der Waals surface area contributed by atoms with Gasteiger partial charge in [0.15, 0.2) is 17.3 Å². The molecule has 0 atom stereocenters. The topological polar surface area (TPSA) is 76.0 Å². The second-order valence-electron chi connectivity index (χ2n) is 6.00. The van der Waals surface area contributed by atoms with Gasteiger partial charge in [-0.15, -0.1) is 0 Å². The molecule has 0 aliphatic carbocycles. The number of phenolic OH excluding ortho intramolecular Hbond substituents is 2. The number of ether oxygens (including phenoxy) is 2. The molecular formula is C19H22O5. The summed E-state index contributed by atoms with van der Waals surface area (Å²) in [5.41, 5.74) is 0.402. The average molecular weight is 330 g/mol. The monoisotopic (exact) mass is 330 g/mol. The summed E-state index contributed by atoms with van der Waals surface area (Å²) < 4.78 is 10.9. The lowest BCUT2D eigenvalue weighted by Crippen LogP contribution is -2.07. The van der Waals surface area contributed by atoms with E-state index in [1.807, 2.05) is 13.8 Å². The molecule has 0 saturated heterocycles. The first kappa shape index (κ1) is 17.7. The molecule has 0 aromatic heterocycles.